The van der Waals surface area contributed by atoms with Gasteiger partial charge in [0.25, 0.3) is 5.78 Å². The Labute approximate surface area is 117 Å². The SMILES string of the molecule is Cc1cc(C)n2c(=S)n(CN3CCCCC3)nc2n1. The Kier molecular flexibility index (Phi) is 3.36. The molecule has 0 N–H and O–H groups in total. The third-order valence-corrected chi connectivity index (χ3v) is 4.05. The Morgan fingerprint density at radius 2 is 1.95 bits per heavy atom. The van der Waals surface area contributed by atoms with Crippen LogP contribution in [-0.4, -0.2) is 37.2 Å². The van der Waals surface area contributed by atoms with Crippen molar-refractivity contribution < 1.29 is 0 Å². The molecule has 0 bridgehead atoms. The van der Waals surface area contributed by atoms with Gasteiger partial charge in [-0.2, -0.15) is 0 Å². The normalized spacial score (nSPS) is 17.2. The van der Waals surface area contributed by atoms with E-state index in [9.17, 15) is 0 Å². The molecule has 5 nitrogen and oxygen atoms in total. The molecule has 2 aromatic heterocycles. The van der Waals surface area contributed by atoms with E-state index in [1.165, 1.54) is 19.3 Å². The molecule has 3 heterocycles. The van der Waals surface area contributed by atoms with Crippen LogP contribution in [0.25, 0.3) is 5.78 Å². The first kappa shape index (κ1) is 12.7. The van der Waals surface area contributed by atoms with E-state index in [2.05, 4.69) is 15.0 Å². The molecule has 1 aliphatic rings. The highest BCUT2D eigenvalue weighted by atomic mass is 32.1. The zero-order valence-corrected chi connectivity index (χ0v) is 12.3. The number of aryl methyl sites for hydroxylation is 2. The number of likely N-dealkylation sites (tertiary alicyclic amines) is 1. The van der Waals surface area contributed by atoms with Crippen molar-refractivity contribution in [2.75, 3.05) is 13.1 Å². The fraction of sp³-hybridized carbons (Fsp3) is 0.615. The van der Waals surface area contributed by atoms with Gasteiger partial charge in [-0.15, -0.1) is 5.10 Å². The summed E-state index contributed by atoms with van der Waals surface area (Å²) >= 11 is 5.52. The van der Waals surface area contributed by atoms with Crippen LogP contribution in [0.5, 0.6) is 0 Å². The molecular weight excluding hydrogens is 258 g/mol. The lowest BCUT2D eigenvalue weighted by Crippen LogP contribution is -2.32. The summed E-state index contributed by atoms with van der Waals surface area (Å²) in [6, 6.07) is 2.04. The molecule has 1 aliphatic heterocycles. The maximum Gasteiger partial charge on any atom is 0.254 e. The second kappa shape index (κ2) is 5.02. The largest absolute Gasteiger partial charge is 0.284 e. The number of hydrogen-bond acceptors (Lipinski definition) is 4. The monoisotopic (exact) mass is 277 g/mol. The van der Waals surface area contributed by atoms with Gasteiger partial charge in [0, 0.05) is 11.4 Å². The van der Waals surface area contributed by atoms with Crippen LogP contribution in [0, 0.1) is 18.6 Å². The lowest BCUT2D eigenvalue weighted by atomic mass is 10.1. The minimum absolute atomic E-state index is 0.708. The second-order valence-electron chi connectivity index (χ2n) is 5.28. The summed E-state index contributed by atoms with van der Waals surface area (Å²) in [5, 5.41) is 4.55. The van der Waals surface area contributed by atoms with Crippen molar-refractivity contribution in [3.05, 3.63) is 22.2 Å². The third kappa shape index (κ3) is 2.42. The lowest BCUT2D eigenvalue weighted by molar-refractivity contribution is 0.172. The zero-order chi connectivity index (χ0) is 13.4. The Hall–Kier alpha value is -1.27. The van der Waals surface area contributed by atoms with Crippen LogP contribution < -0.4 is 0 Å². The third-order valence-electron chi connectivity index (χ3n) is 3.65. The maximum absolute atomic E-state index is 5.52. The fourth-order valence-corrected chi connectivity index (χ4v) is 3.04. The Morgan fingerprint density at radius 1 is 1.21 bits per heavy atom. The van der Waals surface area contributed by atoms with Crippen LogP contribution >= 0.6 is 12.2 Å². The molecule has 3 rings (SSSR count). The number of rotatable bonds is 2. The van der Waals surface area contributed by atoms with Gasteiger partial charge in [0.05, 0.1) is 6.67 Å². The molecule has 0 unspecified atom stereocenters. The van der Waals surface area contributed by atoms with Crippen molar-refractivity contribution in [2.24, 2.45) is 0 Å². The molecule has 6 heteroatoms. The lowest BCUT2D eigenvalue weighted by Gasteiger charge is -2.25. The van der Waals surface area contributed by atoms with Crippen molar-refractivity contribution in [1.82, 2.24) is 24.1 Å². The first-order valence-corrected chi connectivity index (χ1v) is 7.22. The van der Waals surface area contributed by atoms with E-state index in [0.717, 1.165) is 35.9 Å². The molecule has 0 radical (unpaired) electrons. The van der Waals surface area contributed by atoms with Gasteiger partial charge in [-0.25, -0.2) is 9.67 Å². The van der Waals surface area contributed by atoms with Crippen LogP contribution in [-0.2, 0) is 6.67 Å². The predicted octanol–water partition coefficient (Wildman–Crippen LogP) is 2.32. The molecule has 0 saturated carbocycles. The summed E-state index contributed by atoms with van der Waals surface area (Å²) in [5.74, 6) is 0.708. The van der Waals surface area contributed by atoms with Crippen molar-refractivity contribution in [2.45, 2.75) is 39.8 Å². The van der Waals surface area contributed by atoms with Crippen LogP contribution in [0.4, 0.5) is 0 Å². The summed E-state index contributed by atoms with van der Waals surface area (Å²) in [6.45, 7) is 7.09. The fourth-order valence-electron chi connectivity index (χ4n) is 2.72. The molecule has 0 atom stereocenters. The Balaban J connectivity index is 1.98. The smallest absolute Gasteiger partial charge is 0.254 e. The molecule has 19 heavy (non-hydrogen) atoms. The number of hydrogen-bond donors (Lipinski definition) is 0. The predicted molar refractivity (Wildman–Crippen MR) is 76.7 cm³/mol. The highest BCUT2D eigenvalue weighted by molar-refractivity contribution is 7.71. The van der Waals surface area contributed by atoms with E-state index in [1.807, 2.05) is 29.0 Å². The Morgan fingerprint density at radius 3 is 2.68 bits per heavy atom. The van der Waals surface area contributed by atoms with Gasteiger partial charge in [0.15, 0.2) is 0 Å². The van der Waals surface area contributed by atoms with Gasteiger partial charge in [-0.1, -0.05) is 6.42 Å². The molecule has 0 aromatic carbocycles. The first-order valence-electron chi connectivity index (χ1n) is 6.81. The average Bonchev–Trinajstić information content (AvgIpc) is 2.67. The summed E-state index contributed by atoms with van der Waals surface area (Å²) in [6.07, 6.45) is 3.89. The summed E-state index contributed by atoms with van der Waals surface area (Å²) in [7, 11) is 0. The Bertz CT molecular complexity index is 651. The highest BCUT2D eigenvalue weighted by Crippen LogP contribution is 2.12. The average molecular weight is 277 g/mol. The van der Waals surface area contributed by atoms with Gasteiger partial charge in [-0.3, -0.25) is 9.30 Å². The molecule has 0 spiro atoms. The quantitative estimate of drug-likeness (QED) is 0.790. The zero-order valence-electron chi connectivity index (χ0n) is 11.5. The van der Waals surface area contributed by atoms with Gasteiger partial charge < -0.3 is 0 Å². The number of piperidine rings is 1. The molecule has 2 aromatic rings. The standard InChI is InChI=1S/C13H19N5S/c1-10-8-11(2)18-12(14-10)15-17(13(18)19)9-16-6-4-3-5-7-16/h8H,3-7,9H2,1-2H3. The molecule has 1 fully saturated rings. The van der Waals surface area contributed by atoms with Gasteiger partial charge in [-0.05, 0) is 58.1 Å². The topological polar surface area (TPSA) is 38.4 Å². The molecule has 0 amide bonds. The van der Waals surface area contributed by atoms with E-state index < -0.39 is 0 Å². The van der Waals surface area contributed by atoms with Gasteiger partial charge in [0.1, 0.15) is 0 Å². The highest BCUT2D eigenvalue weighted by Gasteiger charge is 2.13. The minimum Gasteiger partial charge on any atom is -0.284 e. The van der Waals surface area contributed by atoms with Crippen LogP contribution in [0.3, 0.4) is 0 Å². The molecule has 1 saturated heterocycles. The van der Waals surface area contributed by atoms with Crippen molar-refractivity contribution in [1.29, 1.82) is 0 Å². The molecular formula is C13H19N5S. The van der Waals surface area contributed by atoms with Gasteiger partial charge in [0.2, 0.25) is 4.77 Å². The van der Waals surface area contributed by atoms with Crippen molar-refractivity contribution >= 4 is 18.0 Å². The van der Waals surface area contributed by atoms with E-state index in [-0.39, 0.29) is 0 Å². The maximum atomic E-state index is 5.52. The van der Waals surface area contributed by atoms with E-state index in [1.54, 1.807) is 0 Å². The molecule has 0 aliphatic carbocycles. The number of aromatic nitrogens is 4. The van der Waals surface area contributed by atoms with Crippen LogP contribution in [0.1, 0.15) is 30.7 Å². The molecule has 102 valence electrons. The second-order valence-corrected chi connectivity index (χ2v) is 5.64. The van der Waals surface area contributed by atoms with Crippen molar-refractivity contribution in [3.63, 3.8) is 0 Å². The minimum atomic E-state index is 0.708. The van der Waals surface area contributed by atoms with Crippen molar-refractivity contribution in [3.8, 4) is 0 Å². The summed E-state index contributed by atoms with van der Waals surface area (Å²) < 4.78 is 4.59. The van der Waals surface area contributed by atoms with Gasteiger partial charge >= 0.3 is 0 Å². The van der Waals surface area contributed by atoms with Crippen LogP contribution in [0.15, 0.2) is 6.07 Å². The number of fused-ring (bicyclic) bond motifs is 1. The van der Waals surface area contributed by atoms with Crippen LogP contribution in [0.2, 0.25) is 0 Å². The summed E-state index contributed by atoms with van der Waals surface area (Å²) in [5.41, 5.74) is 2.08. The van der Waals surface area contributed by atoms with E-state index in [4.69, 9.17) is 12.2 Å². The van der Waals surface area contributed by atoms with E-state index >= 15 is 0 Å². The first-order chi connectivity index (χ1) is 9.15. The summed E-state index contributed by atoms with van der Waals surface area (Å²) in [4.78, 5) is 6.87. The number of nitrogens with zero attached hydrogens (tertiary/aromatic N) is 5. The van der Waals surface area contributed by atoms with E-state index in [0.29, 0.717) is 5.78 Å².